The van der Waals surface area contributed by atoms with Crippen molar-refractivity contribution in [2.75, 3.05) is 6.61 Å². The summed E-state index contributed by atoms with van der Waals surface area (Å²) in [6.45, 7) is 6.85. The fourth-order valence-corrected chi connectivity index (χ4v) is 3.95. The molecule has 2 aromatic rings. The lowest BCUT2D eigenvalue weighted by Crippen LogP contribution is -2.66. The highest BCUT2D eigenvalue weighted by atomic mass is 16.4. The molecule has 32 heavy (non-hydrogen) atoms. The predicted octanol–water partition coefficient (Wildman–Crippen LogP) is 1.32. The van der Waals surface area contributed by atoms with E-state index in [4.69, 9.17) is 0 Å². The standard InChI is InChI=1S/C26H36O6/c1-4-18-7-11-20(12-8-18)15-25(31,6-3)24(30)26(32,23(29)22(28)17-27)16-21-13-9-19(5-2)10-14-21/h6-14,22-24,27-32H,3-5,15-17H2,1-2H3/t22-,23+,24+,25?,26+/m0/s1. The van der Waals surface area contributed by atoms with Crippen LogP contribution in [0.4, 0.5) is 0 Å². The molecule has 0 spiro atoms. The third-order valence-electron chi connectivity index (χ3n) is 6.20. The van der Waals surface area contributed by atoms with Crippen LogP contribution in [0, 0.1) is 0 Å². The molecule has 1 unspecified atom stereocenters. The lowest BCUT2D eigenvalue weighted by molar-refractivity contribution is -0.218. The number of aryl methyl sites for hydroxylation is 2. The van der Waals surface area contributed by atoms with Crippen molar-refractivity contribution in [3.8, 4) is 0 Å². The minimum atomic E-state index is -2.37. The highest BCUT2D eigenvalue weighted by Gasteiger charge is 2.53. The first-order valence-corrected chi connectivity index (χ1v) is 11.0. The van der Waals surface area contributed by atoms with E-state index in [0.717, 1.165) is 30.0 Å². The molecule has 6 nitrogen and oxygen atoms in total. The Morgan fingerprint density at radius 3 is 1.56 bits per heavy atom. The maximum atomic E-state index is 11.5. The Morgan fingerprint density at radius 2 is 1.19 bits per heavy atom. The Morgan fingerprint density at radius 1 is 0.781 bits per heavy atom. The molecular weight excluding hydrogens is 408 g/mol. The molecule has 0 bridgehead atoms. The summed E-state index contributed by atoms with van der Waals surface area (Å²) in [5.74, 6) is 0. The fourth-order valence-electron chi connectivity index (χ4n) is 3.95. The molecule has 0 amide bonds. The van der Waals surface area contributed by atoms with Gasteiger partial charge in [0.25, 0.3) is 0 Å². The second-order valence-corrected chi connectivity index (χ2v) is 8.48. The van der Waals surface area contributed by atoms with Gasteiger partial charge in [0.05, 0.1) is 6.61 Å². The van der Waals surface area contributed by atoms with Gasteiger partial charge in [0.2, 0.25) is 0 Å². The molecule has 0 saturated heterocycles. The van der Waals surface area contributed by atoms with E-state index in [9.17, 15) is 30.6 Å². The average Bonchev–Trinajstić information content (AvgIpc) is 2.83. The number of aliphatic hydroxyl groups is 6. The average molecular weight is 445 g/mol. The summed E-state index contributed by atoms with van der Waals surface area (Å²) in [5.41, 5.74) is -0.900. The van der Waals surface area contributed by atoms with Crippen LogP contribution < -0.4 is 0 Å². The molecule has 0 fully saturated rings. The van der Waals surface area contributed by atoms with Crippen LogP contribution in [0.15, 0.2) is 61.2 Å². The molecule has 2 rings (SSSR count). The number of aliphatic hydroxyl groups excluding tert-OH is 4. The fraction of sp³-hybridized carbons (Fsp3) is 0.462. The molecule has 0 aliphatic heterocycles. The Labute approximate surface area is 190 Å². The number of benzene rings is 2. The van der Waals surface area contributed by atoms with Gasteiger partial charge < -0.3 is 30.6 Å². The van der Waals surface area contributed by atoms with Crippen molar-refractivity contribution in [2.24, 2.45) is 0 Å². The van der Waals surface area contributed by atoms with Crippen molar-refractivity contribution in [1.29, 1.82) is 0 Å². The zero-order valence-corrected chi connectivity index (χ0v) is 18.9. The van der Waals surface area contributed by atoms with Crippen LogP contribution in [0.3, 0.4) is 0 Å². The molecule has 0 heterocycles. The third-order valence-corrected chi connectivity index (χ3v) is 6.20. The topological polar surface area (TPSA) is 121 Å². The largest absolute Gasteiger partial charge is 0.394 e. The zero-order valence-electron chi connectivity index (χ0n) is 18.9. The lowest BCUT2D eigenvalue weighted by Gasteiger charge is -2.45. The van der Waals surface area contributed by atoms with E-state index in [1.165, 1.54) is 0 Å². The quantitative estimate of drug-likeness (QED) is 0.275. The van der Waals surface area contributed by atoms with Crippen LogP contribution in [-0.4, -0.2) is 66.8 Å². The van der Waals surface area contributed by atoms with E-state index in [-0.39, 0.29) is 12.8 Å². The first-order valence-electron chi connectivity index (χ1n) is 11.0. The number of hydrogen-bond acceptors (Lipinski definition) is 6. The van der Waals surface area contributed by atoms with E-state index in [1.807, 2.05) is 50.2 Å². The summed E-state index contributed by atoms with van der Waals surface area (Å²) < 4.78 is 0. The van der Waals surface area contributed by atoms with Crippen molar-refractivity contribution >= 4 is 0 Å². The zero-order chi connectivity index (χ0) is 23.9. The van der Waals surface area contributed by atoms with Gasteiger partial charge in [-0.1, -0.05) is 68.5 Å². The molecule has 0 saturated carbocycles. The van der Waals surface area contributed by atoms with Crippen LogP contribution in [0.5, 0.6) is 0 Å². The Kier molecular flexibility index (Phi) is 9.16. The highest BCUT2D eigenvalue weighted by Crippen LogP contribution is 2.33. The SMILES string of the molecule is C=CC(O)(Cc1ccc(CC)cc1)[C@@H](O)[C@@](O)(Cc1ccc(CC)cc1)[C@H](O)[C@@H](O)CO. The molecule has 2 aromatic carbocycles. The van der Waals surface area contributed by atoms with Crippen LogP contribution in [-0.2, 0) is 25.7 Å². The van der Waals surface area contributed by atoms with Crippen molar-refractivity contribution in [3.05, 3.63) is 83.4 Å². The lowest BCUT2D eigenvalue weighted by atomic mass is 9.73. The second-order valence-electron chi connectivity index (χ2n) is 8.48. The Hall–Kier alpha value is -2.06. The summed E-state index contributed by atoms with van der Waals surface area (Å²) in [7, 11) is 0. The molecule has 0 radical (unpaired) electrons. The van der Waals surface area contributed by atoms with Gasteiger partial charge in [-0.25, -0.2) is 0 Å². The monoisotopic (exact) mass is 444 g/mol. The van der Waals surface area contributed by atoms with Crippen LogP contribution in [0.2, 0.25) is 0 Å². The second kappa shape index (κ2) is 11.2. The Bertz CT molecular complexity index is 850. The molecule has 176 valence electrons. The molecule has 6 heteroatoms. The van der Waals surface area contributed by atoms with Crippen molar-refractivity contribution in [1.82, 2.24) is 0 Å². The van der Waals surface area contributed by atoms with Crippen molar-refractivity contribution in [2.45, 2.75) is 69.0 Å². The third kappa shape index (κ3) is 5.84. The minimum Gasteiger partial charge on any atom is -0.394 e. The summed E-state index contributed by atoms with van der Waals surface area (Å²) in [6, 6.07) is 14.7. The van der Waals surface area contributed by atoms with E-state index >= 15 is 0 Å². The van der Waals surface area contributed by atoms with Gasteiger partial charge in [0, 0.05) is 12.8 Å². The van der Waals surface area contributed by atoms with E-state index in [1.54, 1.807) is 12.1 Å². The maximum absolute atomic E-state index is 11.5. The normalized spacial score (nSPS) is 18.2. The van der Waals surface area contributed by atoms with Crippen LogP contribution >= 0.6 is 0 Å². The van der Waals surface area contributed by atoms with Crippen molar-refractivity contribution in [3.63, 3.8) is 0 Å². The molecular formula is C26H36O6. The number of rotatable bonds is 12. The van der Waals surface area contributed by atoms with Crippen molar-refractivity contribution < 1.29 is 30.6 Å². The van der Waals surface area contributed by atoms with Gasteiger partial charge in [0.1, 0.15) is 29.5 Å². The van der Waals surface area contributed by atoms with Gasteiger partial charge in [-0.15, -0.1) is 6.58 Å². The van der Waals surface area contributed by atoms with Gasteiger partial charge in [0.15, 0.2) is 0 Å². The maximum Gasteiger partial charge on any atom is 0.126 e. The Balaban J connectivity index is 2.42. The number of hydrogen-bond donors (Lipinski definition) is 6. The van der Waals surface area contributed by atoms with Gasteiger partial charge >= 0.3 is 0 Å². The smallest absolute Gasteiger partial charge is 0.126 e. The molecule has 5 atom stereocenters. The molecule has 0 aliphatic rings. The van der Waals surface area contributed by atoms with Crippen LogP contribution in [0.25, 0.3) is 0 Å². The van der Waals surface area contributed by atoms with Gasteiger partial charge in [-0.3, -0.25) is 0 Å². The first kappa shape index (κ1) is 26.2. The summed E-state index contributed by atoms with van der Waals surface area (Å²) >= 11 is 0. The van der Waals surface area contributed by atoms with Gasteiger partial charge in [-0.2, -0.15) is 0 Å². The molecule has 6 N–H and O–H groups in total. The van der Waals surface area contributed by atoms with E-state index in [0.29, 0.717) is 11.1 Å². The summed E-state index contributed by atoms with van der Waals surface area (Å²) in [4.78, 5) is 0. The van der Waals surface area contributed by atoms with Gasteiger partial charge in [-0.05, 0) is 35.1 Å². The molecule has 0 aromatic heterocycles. The first-order chi connectivity index (χ1) is 15.1. The van der Waals surface area contributed by atoms with Crippen LogP contribution in [0.1, 0.15) is 36.1 Å². The van der Waals surface area contributed by atoms with E-state index in [2.05, 4.69) is 6.58 Å². The summed E-state index contributed by atoms with van der Waals surface area (Å²) in [5, 5.41) is 64.1. The summed E-state index contributed by atoms with van der Waals surface area (Å²) in [6.07, 6.45) is -3.08. The molecule has 0 aliphatic carbocycles. The highest BCUT2D eigenvalue weighted by molar-refractivity contribution is 5.29. The predicted molar refractivity (Wildman–Crippen MR) is 124 cm³/mol. The minimum absolute atomic E-state index is 0.0688. The van der Waals surface area contributed by atoms with E-state index < -0.39 is 36.1 Å².